The summed E-state index contributed by atoms with van der Waals surface area (Å²) in [6, 6.07) is 0. The maximum atomic E-state index is 12.7. The Bertz CT molecular complexity index is 1070. The fraction of sp³-hybridized carbons (Fsp3) is 0.944. The minimum Gasteiger partial charge on any atom is -0.668 e. The average Bonchev–Trinajstić information content (AvgIpc) is 3.81. The first-order valence-corrected chi connectivity index (χ1v) is 19.6. The summed E-state index contributed by atoms with van der Waals surface area (Å²) in [6.45, 7) is 4.00. The van der Waals surface area contributed by atoms with Gasteiger partial charge in [-0.2, -0.15) is 13.8 Å². The molecular weight excluding hydrogens is 633 g/mol. The monoisotopic (exact) mass is 695 g/mol. The summed E-state index contributed by atoms with van der Waals surface area (Å²) in [7, 11) is 0. The van der Waals surface area contributed by atoms with Crippen molar-refractivity contribution in [2.45, 2.75) is 159 Å². The van der Waals surface area contributed by atoms with Gasteiger partial charge in [0, 0.05) is 11.8 Å². The Morgan fingerprint density at radius 3 is 1.00 bits per heavy atom. The van der Waals surface area contributed by atoms with E-state index < -0.39 is 0 Å². The van der Waals surface area contributed by atoms with Crippen LogP contribution >= 0.6 is 0 Å². The quantitative estimate of drug-likeness (QED) is 0.153. The zero-order valence-corrected chi connectivity index (χ0v) is 29.7. The first-order chi connectivity index (χ1) is 22.5. The zero-order chi connectivity index (χ0) is 31.4. The van der Waals surface area contributed by atoms with Crippen molar-refractivity contribution >= 4 is 5.91 Å². The van der Waals surface area contributed by atoms with Crippen LogP contribution in [-0.4, -0.2) is 55.2 Å². The molecule has 9 fully saturated rings. The van der Waals surface area contributed by atoms with E-state index in [-0.39, 0.29) is 58.9 Å². The van der Waals surface area contributed by atoms with Crippen molar-refractivity contribution in [1.29, 1.82) is 0 Å². The van der Waals surface area contributed by atoms with Crippen molar-refractivity contribution in [3.63, 3.8) is 0 Å². The number of carbonyl (C=O) groups is 1. The second kappa shape index (κ2) is 15.1. The van der Waals surface area contributed by atoms with E-state index in [1.54, 1.807) is 0 Å². The molecule has 5 saturated heterocycles. The molecule has 17 atom stereocenters. The average molecular weight is 697 g/mol. The first-order valence-electron chi connectivity index (χ1n) is 19.6. The van der Waals surface area contributed by atoms with Gasteiger partial charge in [0.15, 0.2) is 0 Å². The van der Waals surface area contributed by atoms with Gasteiger partial charge in [0.1, 0.15) is 0 Å². The standard InChI is InChI=1S/C33H57N9O.C3H7.Ni/c34-25(43)22-14-7-15-23-24(22)33-41-31-21-13-6-5-12-20(21)29(39-31)37-27-17-9-2-1-8-16(17)26(35-27)36-28-18-10-3-4-11-19(18)30(38-28)40-32(23)42-33;1-3-2;/h16-24,26-33,35-42H,1-15H2,(H2,34,43);3H,1-2H3;/q;-1;+2/p-1. The second-order valence-electron chi connectivity index (χ2n) is 16.7. The van der Waals surface area contributed by atoms with E-state index in [0.717, 1.165) is 19.3 Å². The van der Waals surface area contributed by atoms with Gasteiger partial charge in [0.2, 0.25) is 0 Å². The molecule has 268 valence electrons. The molecule has 0 aromatic rings. The molecule has 17 unspecified atom stereocenters. The topological polar surface area (TPSA) is 137 Å². The molecule has 1 amide bonds. The number of hydrogen-bond donors (Lipinski definition) is 8. The predicted octanol–water partition coefficient (Wildman–Crippen LogP) is 3.64. The van der Waals surface area contributed by atoms with Crippen LogP contribution in [0.15, 0.2) is 0 Å². The Morgan fingerprint density at radius 2 is 0.702 bits per heavy atom. The summed E-state index contributed by atoms with van der Waals surface area (Å²) in [6.07, 6.45) is 22.9. The molecule has 11 heteroatoms. The van der Waals surface area contributed by atoms with Crippen LogP contribution in [0, 0.1) is 59.7 Å². The minimum absolute atomic E-state index is 0. The van der Waals surface area contributed by atoms with E-state index in [1.165, 1.54) is 77.0 Å². The summed E-state index contributed by atoms with van der Waals surface area (Å²) in [5, 5.41) is 33.1. The Morgan fingerprint density at radius 1 is 0.447 bits per heavy atom. The Balaban J connectivity index is 0.000000848. The molecule has 4 saturated carbocycles. The van der Waals surface area contributed by atoms with Gasteiger partial charge < -0.3 is 16.9 Å². The van der Waals surface area contributed by atoms with Crippen LogP contribution in [-0.2, 0) is 21.3 Å². The third kappa shape index (κ3) is 6.61. The van der Waals surface area contributed by atoms with Gasteiger partial charge in [-0.05, 0) is 92.8 Å². The Hall–Kier alpha value is -0.356. The van der Waals surface area contributed by atoms with Crippen molar-refractivity contribution in [3.05, 3.63) is 12.2 Å². The minimum atomic E-state index is -0.357. The van der Waals surface area contributed by atoms with Crippen LogP contribution in [0.1, 0.15) is 110 Å². The smallest absolute Gasteiger partial charge is 0.668 e. The summed E-state index contributed by atoms with van der Waals surface area (Å²) >= 11 is 0. The molecule has 5 aliphatic heterocycles. The van der Waals surface area contributed by atoms with E-state index in [9.17, 15) is 4.79 Å². The summed E-state index contributed by atoms with van der Waals surface area (Å²) in [5.74, 6) is 3.88. The first kappa shape index (κ1) is 35.1. The van der Waals surface area contributed by atoms with Gasteiger partial charge in [-0.25, -0.2) is 0 Å². The SMILES string of the molecule is C[CH-]C.[NH-]C(=O)C1CCCC2C3NC4NC(NC5NC(NC6NC(NC(N3)C12)C1CCCCC61)C1CCCCC51)C1CCCCC41.[Ni+2]. The van der Waals surface area contributed by atoms with Crippen molar-refractivity contribution in [2.75, 3.05) is 0 Å². The number of rotatable bonds is 1. The molecule has 10 nitrogen and oxygen atoms in total. The summed E-state index contributed by atoms with van der Waals surface area (Å²) < 4.78 is 0. The molecule has 9 N–H and O–H groups in total. The van der Waals surface area contributed by atoms with Gasteiger partial charge in [-0.3, -0.25) is 42.5 Å². The largest absolute Gasteiger partial charge is 2.00 e. The van der Waals surface area contributed by atoms with Crippen LogP contribution in [0.2, 0.25) is 0 Å². The van der Waals surface area contributed by atoms with Crippen LogP contribution in [0.4, 0.5) is 0 Å². The predicted molar refractivity (Wildman–Crippen MR) is 181 cm³/mol. The molecule has 0 aromatic heterocycles. The molecule has 4 aliphatic carbocycles. The Labute approximate surface area is 293 Å². The van der Waals surface area contributed by atoms with Gasteiger partial charge in [-0.1, -0.05) is 44.9 Å². The maximum Gasteiger partial charge on any atom is 2.00 e. The molecule has 8 bridgehead atoms. The third-order valence-corrected chi connectivity index (χ3v) is 14.2. The second-order valence-corrected chi connectivity index (χ2v) is 16.7. The van der Waals surface area contributed by atoms with Crippen molar-refractivity contribution in [2.24, 2.45) is 53.3 Å². The van der Waals surface area contributed by atoms with Crippen LogP contribution < -0.4 is 42.5 Å². The molecule has 9 rings (SSSR count). The fourth-order valence-electron chi connectivity index (χ4n) is 12.4. The summed E-state index contributed by atoms with van der Waals surface area (Å²) in [4.78, 5) is 12.7. The van der Waals surface area contributed by atoms with Gasteiger partial charge >= 0.3 is 16.5 Å². The molecule has 0 radical (unpaired) electrons. The molecule has 0 aromatic carbocycles. The molecule has 9 aliphatic rings. The van der Waals surface area contributed by atoms with Crippen molar-refractivity contribution in [3.8, 4) is 0 Å². The van der Waals surface area contributed by atoms with Gasteiger partial charge in [0.25, 0.3) is 0 Å². The fourth-order valence-corrected chi connectivity index (χ4v) is 12.4. The van der Waals surface area contributed by atoms with Crippen molar-refractivity contribution < 1.29 is 21.3 Å². The van der Waals surface area contributed by atoms with Gasteiger partial charge in [-0.15, -0.1) is 0 Å². The summed E-state index contributed by atoms with van der Waals surface area (Å²) in [5.41, 5.74) is 8.25. The van der Waals surface area contributed by atoms with E-state index in [0.29, 0.717) is 66.1 Å². The number of amides is 1. The van der Waals surface area contributed by atoms with E-state index >= 15 is 0 Å². The van der Waals surface area contributed by atoms with E-state index in [1.807, 2.05) is 20.3 Å². The van der Waals surface area contributed by atoms with Crippen molar-refractivity contribution in [1.82, 2.24) is 42.5 Å². The molecule has 47 heavy (non-hydrogen) atoms. The van der Waals surface area contributed by atoms with Crippen LogP contribution in [0.3, 0.4) is 0 Å². The number of carbonyl (C=O) groups excluding carboxylic acids is 1. The molecule has 5 heterocycles. The number of fused-ring (bicyclic) bond motifs is 20. The number of nitrogens with one attached hydrogen (secondary N) is 9. The zero-order valence-electron chi connectivity index (χ0n) is 28.7. The van der Waals surface area contributed by atoms with E-state index in [4.69, 9.17) is 5.73 Å². The van der Waals surface area contributed by atoms with Gasteiger partial charge in [0.05, 0.1) is 55.2 Å². The van der Waals surface area contributed by atoms with E-state index in [2.05, 4.69) is 42.5 Å². The maximum absolute atomic E-state index is 12.7. The Kier molecular flexibility index (Phi) is 11.3. The van der Waals surface area contributed by atoms with Crippen LogP contribution in [0.5, 0.6) is 0 Å². The van der Waals surface area contributed by atoms with Crippen LogP contribution in [0.25, 0.3) is 5.73 Å². The third-order valence-electron chi connectivity index (χ3n) is 14.2. The normalized spacial score (nSPS) is 51.7. The number of hydrogen-bond acceptors (Lipinski definition) is 9. The molecule has 0 spiro atoms. The molecular formula is C36H63N9NiO.